The summed E-state index contributed by atoms with van der Waals surface area (Å²) in [5.74, 6) is -0.881. The number of carbonyl (C=O) groups is 3. The Labute approximate surface area is 144 Å². The molecule has 0 bridgehead atoms. The van der Waals surface area contributed by atoms with Crippen molar-refractivity contribution in [1.82, 2.24) is 15.1 Å². The molecule has 134 valence electrons. The maximum absolute atomic E-state index is 12.7. The number of amides is 4. The highest BCUT2D eigenvalue weighted by Crippen LogP contribution is 2.30. The lowest BCUT2D eigenvalue weighted by atomic mass is 9.92. The van der Waals surface area contributed by atoms with E-state index in [1.54, 1.807) is 0 Å². The summed E-state index contributed by atoms with van der Waals surface area (Å²) in [6, 6.07) is 4.72. The number of non-ortho nitro benzene ring substituents is 1. The zero-order valence-electron chi connectivity index (χ0n) is 14.3. The minimum Gasteiger partial charge on any atom is -0.342 e. The Morgan fingerprint density at radius 3 is 2.28 bits per heavy atom. The molecule has 1 fully saturated rings. The minimum absolute atomic E-state index is 0.113. The van der Waals surface area contributed by atoms with Crippen LogP contribution in [0.4, 0.5) is 10.5 Å². The van der Waals surface area contributed by atoms with E-state index in [1.807, 2.05) is 13.8 Å². The van der Waals surface area contributed by atoms with Gasteiger partial charge in [0.15, 0.2) is 0 Å². The summed E-state index contributed by atoms with van der Waals surface area (Å²) in [6.07, 6.45) is 0. The van der Waals surface area contributed by atoms with Crippen LogP contribution in [0.5, 0.6) is 0 Å². The van der Waals surface area contributed by atoms with Crippen LogP contribution in [0.2, 0.25) is 0 Å². The van der Waals surface area contributed by atoms with Crippen molar-refractivity contribution in [2.75, 3.05) is 19.6 Å². The molecule has 0 aliphatic carbocycles. The van der Waals surface area contributed by atoms with Crippen LogP contribution in [-0.4, -0.2) is 52.2 Å². The minimum atomic E-state index is -1.37. The average Bonchev–Trinajstić information content (AvgIpc) is 2.80. The number of nitrogens with one attached hydrogen (secondary N) is 1. The Hall–Kier alpha value is -2.97. The first-order chi connectivity index (χ1) is 11.7. The van der Waals surface area contributed by atoms with Crippen LogP contribution < -0.4 is 5.32 Å². The van der Waals surface area contributed by atoms with Crippen LogP contribution in [0.25, 0.3) is 0 Å². The molecule has 9 heteroatoms. The number of imide groups is 1. The van der Waals surface area contributed by atoms with Gasteiger partial charge >= 0.3 is 6.03 Å². The highest BCUT2D eigenvalue weighted by molar-refractivity contribution is 6.09. The van der Waals surface area contributed by atoms with E-state index in [4.69, 9.17) is 0 Å². The molecule has 0 radical (unpaired) electrons. The number of nitro groups is 1. The van der Waals surface area contributed by atoms with E-state index in [0.29, 0.717) is 18.7 Å². The van der Waals surface area contributed by atoms with E-state index < -0.39 is 22.4 Å². The number of rotatable bonds is 6. The summed E-state index contributed by atoms with van der Waals surface area (Å²) in [5.41, 5.74) is -1.07. The molecular weight excluding hydrogens is 328 g/mol. The molecule has 1 aromatic carbocycles. The molecule has 0 saturated carbocycles. The number of carbonyl (C=O) groups excluding carboxylic acids is 3. The molecule has 1 atom stereocenters. The van der Waals surface area contributed by atoms with Crippen molar-refractivity contribution in [2.24, 2.45) is 0 Å². The van der Waals surface area contributed by atoms with Crippen LogP contribution in [0, 0.1) is 10.1 Å². The summed E-state index contributed by atoms with van der Waals surface area (Å²) >= 11 is 0. The number of benzene rings is 1. The third-order valence-corrected chi connectivity index (χ3v) is 4.34. The first-order valence-corrected chi connectivity index (χ1v) is 7.91. The van der Waals surface area contributed by atoms with Crippen molar-refractivity contribution >= 4 is 23.5 Å². The summed E-state index contributed by atoms with van der Waals surface area (Å²) in [5, 5.41) is 13.3. The number of nitrogens with zero attached hydrogens (tertiary/aromatic N) is 3. The highest BCUT2D eigenvalue weighted by Gasteiger charge is 2.49. The van der Waals surface area contributed by atoms with E-state index in [9.17, 15) is 24.5 Å². The molecule has 0 unspecified atom stereocenters. The monoisotopic (exact) mass is 348 g/mol. The molecule has 1 heterocycles. The predicted molar refractivity (Wildman–Crippen MR) is 88.6 cm³/mol. The first kappa shape index (κ1) is 18.4. The third-order valence-electron chi connectivity index (χ3n) is 4.34. The summed E-state index contributed by atoms with van der Waals surface area (Å²) in [6.45, 7) is 5.77. The molecule has 2 rings (SSSR count). The molecule has 1 N–H and O–H groups in total. The molecule has 0 spiro atoms. The molecular formula is C16H20N4O5. The second kappa shape index (κ2) is 6.88. The van der Waals surface area contributed by atoms with E-state index in [2.05, 4.69) is 5.32 Å². The van der Waals surface area contributed by atoms with Crippen LogP contribution in [0.3, 0.4) is 0 Å². The van der Waals surface area contributed by atoms with Gasteiger partial charge in [-0.2, -0.15) is 0 Å². The van der Waals surface area contributed by atoms with E-state index in [1.165, 1.54) is 36.1 Å². The van der Waals surface area contributed by atoms with Gasteiger partial charge in [0.2, 0.25) is 5.91 Å². The number of nitro benzene ring substituents is 1. The smallest absolute Gasteiger partial charge is 0.325 e. The normalized spacial score (nSPS) is 19.7. The van der Waals surface area contributed by atoms with Gasteiger partial charge in [-0.3, -0.25) is 24.6 Å². The van der Waals surface area contributed by atoms with Gasteiger partial charge in [-0.15, -0.1) is 0 Å². The quantitative estimate of drug-likeness (QED) is 0.472. The van der Waals surface area contributed by atoms with Crippen LogP contribution in [0.1, 0.15) is 26.3 Å². The number of hydrogen-bond donors (Lipinski definition) is 1. The van der Waals surface area contributed by atoms with Crippen molar-refractivity contribution in [3.05, 3.63) is 39.9 Å². The number of likely N-dealkylation sites (N-methyl/N-ethyl adjacent to an activating group) is 1. The van der Waals surface area contributed by atoms with Gasteiger partial charge in [0.05, 0.1) is 4.92 Å². The van der Waals surface area contributed by atoms with E-state index in [0.717, 1.165) is 4.90 Å². The van der Waals surface area contributed by atoms with Crippen molar-refractivity contribution in [2.45, 2.75) is 26.3 Å². The van der Waals surface area contributed by atoms with Gasteiger partial charge in [0, 0.05) is 25.2 Å². The summed E-state index contributed by atoms with van der Waals surface area (Å²) in [4.78, 5) is 49.7. The van der Waals surface area contributed by atoms with Crippen LogP contribution >= 0.6 is 0 Å². The summed E-state index contributed by atoms with van der Waals surface area (Å²) in [7, 11) is 0. The van der Waals surface area contributed by atoms with E-state index in [-0.39, 0.29) is 18.1 Å². The number of hydrogen-bond acceptors (Lipinski definition) is 5. The second-order valence-corrected chi connectivity index (χ2v) is 5.82. The Morgan fingerprint density at radius 2 is 1.80 bits per heavy atom. The molecule has 9 nitrogen and oxygen atoms in total. The van der Waals surface area contributed by atoms with Gasteiger partial charge in [-0.05, 0) is 38.5 Å². The maximum Gasteiger partial charge on any atom is 0.325 e. The molecule has 25 heavy (non-hydrogen) atoms. The third kappa shape index (κ3) is 3.30. The lowest BCUT2D eigenvalue weighted by molar-refractivity contribution is -0.384. The van der Waals surface area contributed by atoms with Gasteiger partial charge in [-0.1, -0.05) is 0 Å². The number of urea groups is 1. The van der Waals surface area contributed by atoms with Crippen molar-refractivity contribution < 1.29 is 19.3 Å². The first-order valence-electron chi connectivity index (χ1n) is 7.91. The fourth-order valence-electron chi connectivity index (χ4n) is 2.76. The maximum atomic E-state index is 12.7. The van der Waals surface area contributed by atoms with Crippen LogP contribution in [-0.2, 0) is 15.1 Å². The average molecular weight is 348 g/mol. The zero-order chi connectivity index (χ0) is 18.8. The Balaban J connectivity index is 2.24. The lowest BCUT2D eigenvalue weighted by Gasteiger charge is -2.23. The lowest BCUT2D eigenvalue weighted by Crippen LogP contribution is -2.44. The van der Waals surface area contributed by atoms with Gasteiger partial charge in [0.25, 0.3) is 11.6 Å². The van der Waals surface area contributed by atoms with Gasteiger partial charge in [-0.25, -0.2) is 4.79 Å². The van der Waals surface area contributed by atoms with Crippen molar-refractivity contribution in [1.29, 1.82) is 0 Å². The molecule has 1 aromatic rings. The predicted octanol–water partition coefficient (Wildman–Crippen LogP) is 1.23. The fourth-order valence-corrected chi connectivity index (χ4v) is 2.76. The molecule has 0 aromatic heterocycles. The van der Waals surface area contributed by atoms with Crippen molar-refractivity contribution in [3.8, 4) is 0 Å². The fraction of sp³-hybridized carbons (Fsp3) is 0.438. The molecule has 4 amide bonds. The van der Waals surface area contributed by atoms with Crippen LogP contribution in [0.15, 0.2) is 24.3 Å². The standard InChI is InChI=1S/C16H20N4O5/c1-4-18(5-2)13(21)10-19-14(22)16(3,17-15(19)23)11-6-8-12(9-7-11)20(24)25/h6-9H,4-5,10H2,1-3H3,(H,17,23)/t16-/m1/s1. The van der Waals surface area contributed by atoms with E-state index >= 15 is 0 Å². The highest BCUT2D eigenvalue weighted by atomic mass is 16.6. The topological polar surface area (TPSA) is 113 Å². The molecule has 1 aliphatic rings. The Bertz CT molecular complexity index is 714. The largest absolute Gasteiger partial charge is 0.342 e. The molecule has 1 aliphatic heterocycles. The molecule has 1 saturated heterocycles. The zero-order valence-corrected chi connectivity index (χ0v) is 14.3. The Kier molecular flexibility index (Phi) is 5.05. The van der Waals surface area contributed by atoms with Crippen molar-refractivity contribution in [3.63, 3.8) is 0 Å². The van der Waals surface area contributed by atoms with Gasteiger partial charge < -0.3 is 10.2 Å². The van der Waals surface area contributed by atoms with Gasteiger partial charge in [0.1, 0.15) is 12.1 Å². The summed E-state index contributed by atoms with van der Waals surface area (Å²) < 4.78 is 0. The SMILES string of the molecule is CCN(CC)C(=O)CN1C(=O)N[C@](C)(c2ccc([N+](=O)[O-])cc2)C1=O. The second-order valence-electron chi connectivity index (χ2n) is 5.82. The Morgan fingerprint density at radius 1 is 1.24 bits per heavy atom.